The number of hydrogen-bond donors (Lipinski definition) is 0. The number of nitrogens with zero attached hydrogens (tertiary/aromatic N) is 5. The van der Waals surface area contributed by atoms with Gasteiger partial charge in [-0.2, -0.15) is 4.98 Å². The van der Waals surface area contributed by atoms with Crippen LogP contribution in [0.5, 0.6) is 5.75 Å². The molecular formula is C20H18FN5O. The van der Waals surface area contributed by atoms with Gasteiger partial charge in [0.05, 0.1) is 17.8 Å². The first kappa shape index (κ1) is 16.0. The Labute approximate surface area is 155 Å². The number of anilines is 2. The lowest BCUT2D eigenvalue weighted by molar-refractivity contribution is 0.320. The van der Waals surface area contributed by atoms with Crippen LogP contribution in [0.15, 0.2) is 36.4 Å². The molecule has 0 N–H and O–H groups in total. The molecule has 2 aromatic carbocycles. The summed E-state index contributed by atoms with van der Waals surface area (Å²) in [4.78, 5) is 6.85. The first-order valence-electron chi connectivity index (χ1n) is 8.94. The first-order chi connectivity index (χ1) is 13.1. The summed E-state index contributed by atoms with van der Waals surface area (Å²) in [5.74, 6) is 2.43. The quantitative estimate of drug-likeness (QED) is 0.512. The standard InChI is InChI=1S/C20H18FN5O/c1-12-5-3-6-17-18(12)27-10-4-9-25(17)19-15-11-14(21)7-8-16(15)26-13(2)23-24-20(26)22-19/h3,5-8,11H,4,9-10H2,1-2H3. The lowest BCUT2D eigenvalue weighted by Gasteiger charge is -2.25. The molecule has 0 bridgehead atoms. The summed E-state index contributed by atoms with van der Waals surface area (Å²) >= 11 is 0. The monoisotopic (exact) mass is 363 g/mol. The maximum Gasteiger partial charge on any atom is 0.257 e. The maximum atomic E-state index is 14.1. The van der Waals surface area contributed by atoms with E-state index in [0.29, 0.717) is 18.2 Å². The molecule has 0 unspecified atom stereocenters. The van der Waals surface area contributed by atoms with E-state index in [9.17, 15) is 4.39 Å². The predicted molar refractivity (Wildman–Crippen MR) is 101 cm³/mol. The van der Waals surface area contributed by atoms with Gasteiger partial charge in [-0.05, 0) is 50.1 Å². The number of ether oxygens (including phenoxy) is 1. The predicted octanol–water partition coefficient (Wildman–Crippen LogP) is 3.95. The molecule has 0 fully saturated rings. The zero-order chi connectivity index (χ0) is 18.5. The average Bonchev–Trinajstić information content (AvgIpc) is 2.89. The Hall–Kier alpha value is -3.22. The van der Waals surface area contributed by atoms with Crippen molar-refractivity contribution in [3.8, 4) is 5.75 Å². The zero-order valence-electron chi connectivity index (χ0n) is 15.1. The molecule has 0 amide bonds. The van der Waals surface area contributed by atoms with Crippen molar-refractivity contribution in [3.05, 3.63) is 53.6 Å². The molecule has 4 aromatic rings. The van der Waals surface area contributed by atoms with E-state index < -0.39 is 0 Å². The molecule has 1 aliphatic rings. The summed E-state index contributed by atoms with van der Waals surface area (Å²) in [5, 5.41) is 9.06. The highest BCUT2D eigenvalue weighted by molar-refractivity contribution is 5.94. The summed E-state index contributed by atoms with van der Waals surface area (Å²) in [6.07, 6.45) is 0.837. The lowest BCUT2D eigenvalue weighted by atomic mass is 10.1. The van der Waals surface area contributed by atoms with Crippen LogP contribution in [0.2, 0.25) is 0 Å². The number of aryl methyl sites for hydroxylation is 2. The number of hydrogen-bond acceptors (Lipinski definition) is 5. The molecular weight excluding hydrogens is 345 g/mol. The molecule has 0 aliphatic carbocycles. The van der Waals surface area contributed by atoms with Crippen molar-refractivity contribution in [1.82, 2.24) is 19.6 Å². The van der Waals surface area contributed by atoms with Crippen molar-refractivity contribution in [2.75, 3.05) is 18.1 Å². The molecule has 0 atom stereocenters. The Morgan fingerprint density at radius 3 is 2.89 bits per heavy atom. The Morgan fingerprint density at radius 2 is 2.00 bits per heavy atom. The molecule has 0 saturated carbocycles. The summed E-state index contributed by atoms with van der Waals surface area (Å²) in [5.41, 5.74) is 2.83. The average molecular weight is 363 g/mol. The van der Waals surface area contributed by atoms with Crippen LogP contribution in [0.25, 0.3) is 16.7 Å². The van der Waals surface area contributed by atoms with Crippen LogP contribution in [-0.2, 0) is 0 Å². The van der Waals surface area contributed by atoms with E-state index in [1.165, 1.54) is 12.1 Å². The van der Waals surface area contributed by atoms with Crippen molar-refractivity contribution >= 4 is 28.2 Å². The van der Waals surface area contributed by atoms with Crippen molar-refractivity contribution in [1.29, 1.82) is 0 Å². The number of para-hydroxylation sites is 1. The lowest BCUT2D eigenvalue weighted by Crippen LogP contribution is -2.20. The van der Waals surface area contributed by atoms with Crippen LogP contribution in [0.3, 0.4) is 0 Å². The molecule has 6 nitrogen and oxygen atoms in total. The van der Waals surface area contributed by atoms with Gasteiger partial charge in [0.2, 0.25) is 0 Å². The number of halogens is 1. The van der Waals surface area contributed by atoms with E-state index in [1.54, 1.807) is 6.07 Å². The fourth-order valence-electron chi connectivity index (χ4n) is 3.72. The smallest absolute Gasteiger partial charge is 0.257 e. The summed E-state index contributed by atoms with van der Waals surface area (Å²) < 4.78 is 22.0. The second-order valence-corrected chi connectivity index (χ2v) is 6.76. The van der Waals surface area contributed by atoms with Gasteiger partial charge in [0.1, 0.15) is 23.2 Å². The van der Waals surface area contributed by atoms with Crippen molar-refractivity contribution in [2.45, 2.75) is 20.3 Å². The van der Waals surface area contributed by atoms with E-state index in [4.69, 9.17) is 9.72 Å². The van der Waals surface area contributed by atoms with Gasteiger partial charge in [0.15, 0.2) is 0 Å². The van der Waals surface area contributed by atoms with Gasteiger partial charge >= 0.3 is 0 Å². The summed E-state index contributed by atoms with van der Waals surface area (Å²) in [6, 6.07) is 10.8. The number of rotatable bonds is 1. The normalized spacial score (nSPS) is 14.3. The minimum Gasteiger partial charge on any atom is -0.491 e. The molecule has 27 heavy (non-hydrogen) atoms. The van der Waals surface area contributed by atoms with E-state index in [2.05, 4.69) is 15.1 Å². The van der Waals surface area contributed by atoms with Gasteiger partial charge in [-0.3, -0.25) is 4.40 Å². The molecule has 2 aromatic heterocycles. The second-order valence-electron chi connectivity index (χ2n) is 6.76. The van der Waals surface area contributed by atoms with E-state index in [-0.39, 0.29) is 5.82 Å². The van der Waals surface area contributed by atoms with Gasteiger partial charge < -0.3 is 9.64 Å². The zero-order valence-corrected chi connectivity index (χ0v) is 15.1. The molecule has 0 saturated heterocycles. The highest BCUT2D eigenvalue weighted by Gasteiger charge is 2.24. The fourth-order valence-corrected chi connectivity index (χ4v) is 3.72. The van der Waals surface area contributed by atoms with Crippen LogP contribution >= 0.6 is 0 Å². The van der Waals surface area contributed by atoms with Crippen molar-refractivity contribution in [3.63, 3.8) is 0 Å². The van der Waals surface area contributed by atoms with E-state index in [0.717, 1.165) is 46.7 Å². The minimum atomic E-state index is -0.300. The van der Waals surface area contributed by atoms with Gasteiger partial charge in [0, 0.05) is 11.9 Å². The maximum absolute atomic E-state index is 14.1. The topological polar surface area (TPSA) is 55.5 Å². The Bertz CT molecular complexity index is 1190. The highest BCUT2D eigenvalue weighted by atomic mass is 19.1. The molecule has 7 heteroatoms. The van der Waals surface area contributed by atoms with Crippen LogP contribution < -0.4 is 9.64 Å². The van der Waals surface area contributed by atoms with E-state index >= 15 is 0 Å². The summed E-state index contributed by atoms with van der Waals surface area (Å²) in [6.45, 7) is 5.24. The van der Waals surface area contributed by atoms with Crippen molar-refractivity contribution < 1.29 is 9.13 Å². The van der Waals surface area contributed by atoms with Crippen LogP contribution in [-0.4, -0.2) is 32.7 Å². The van der Waals surface area contributed by atoms with Gasteiger partial charge in [-0.1, -0.05) is 12.1 Å². The molecule has 136 valence electrons. The molecule has 5 rings (SSSR count). The SMILES string of the molecule is Cc1cccc2c1OCCCN2c1nc2nnc(C)n2c2ccc(F)cc12. The fraction of sp³-hybridized carbons (Fsp3) is 0.250. The summed E-state index contributed by atoms with van der Waals surface area (Å²) in [7, 11) is 0. The largest absolute Gasteiger partial charge is 0.491 e. The Balaban J connectivity index is 1.85. The third-order valence-electron chi connectivity index (χ3n) is 4.96. The third-order valence-corrected chi connectivity index (χ3v) is 4.96. The second kappa shape index (κ2) is 5.90. The van der Waals surface area contributed by atoms with Gasteiger partial charge in [0.25, 0.3) is 5.78 Å². The number of aromatic nitrogens is 4. The molecule has 0 spiro atoms. The van der Waals surface area contributed by atoms with Gasteiger partial charge in [-0.25, -0.2) is 4.39 Å². The molecule has 1 aliphatic heterocycles. The number of fused-ring (bicyclic) bond motifs is 4. The van der Waals surface area contributed by atoms with Crippen LogP contribution in [0, 0.1) is 19.7 Å². The Kier molecular flexibility index (Phi) is 3.50. The molecule has 0 radical (unpaired) electrons. The Morgan fingerprint density at radius 1 is 1.11 bits per heavy atom. The first-order valence-corrected chi connectivity index (χ1v) is 8.94. The van der Waals surface area contributed by atoms with Crippen LogP contribution in [0.4, 0.5) is 15.9 Å². The van der Waals surface area contributed by atoms with E-state index in [1.807, 2.05) is 36.4 Å². The number of benzene rings is 2. The van der Waals surface area contributed by atoms with Gasteiger partial charge in [-0.15, -0.1) is 10.2 Å². The van der Waals surface area contributed by atoms with Crippen LogP contribution in [0.1, 0.15) is 17.8 Å². The highest BCUT2D eigenvalue weighted by Crippen LogP contribution is 2.40. The minimum absolute atomic E-state index is 0.300. The van der Waals surface area contributed by atoms with Crippen molar-refractivity contribution in [2.24, 2.45) is 0 Å². The molecule has 3 heterocycles. The third kappa shape index (κ3) is 2.42.